The van der Waals surface area contributed by atoms with E-state index in [2.05, 4.69) is 20.9 Å². The molecule has 0 aromatic carbocycles. The minimum Gasteiger partial charge on any atom is -0.358 e. The van der Waals surface area contributed by atoms with Crippen LogP contribution in [-0.2, 0) is 15.6 Å². The van der Waals surface area contributed by atoms with Gasteiger partial charge in [-0.1, -0.05) is 11.6 Å². The third-order valence-electron chi connectivity index (χ3n) is 2.26. The van der Waals surface area contributed by atoms with Crippen molar-refractivity contribution in [1.82, 2.24) is 9.38 Å². The van der Waals surface area contributed by atoms with E-state index < -0.39 is 26.3 Å². The summed E-state index contributed by atoms with van der Waals surface area (Å²) in [6, 6.07) is 1.53. The number of rotatable bonds is 3. The Hall–Kier alpha value is -1.19. The van der Waals surface area contributed by atoms with Gasteiger partial charge in [-0.25, -0.2) is 13.4 Å². The molecule has 0 unspecified atom stereocenters. The summed E-state index contributed by atoms with van der Waals surface area (Å²) in [7, 11) is -3.43. The van der Waals surface area contributed by atoms with Gasteiger partial charge in [0, 0.05) is 6.26 Å². The highest BCUT2D eigenvalue weighted by molar-refractivity contribution is 9.10. The molecular formula is C9H7BrClN3O4S. The Balaban J connectivity index is 2.81. The van der Waals surface area contributed by atoms with Crippen LogP contribution in [-0.4, -0.2) is 29.0 Å². The minimum absolute atomic E-state index is 0.115. The molecule has 0 aliphatic rings. The van der Waals surface area contributed by atoms with Crippen molar-refractivity contribution in [3.63, 3.8) is 0 Å². The Kier molecular flexibility index (Phi) is 3.54. The van der Waals surface area contributed by atoms with Crippen LogP contribution in [0, 0.1) is 10.1 Å². The standard InChI is InChI=1S/C9H7BrClN3O4S/c1-19(17,18)4-7-9(14(15)16)13-3-5(11)2-6(10)8(13)12-7/h2-3H,4H2,1H3. The van der Waals surface area contributed by atoms with Crippen LogP contribution in [0.1, 0.15) is 5.69 Å². The molecule has 0 atom stereocenters. The summed E-state index contributed by atoms with van der Waals surface area (Å²) in [4.78, 5) is 14.4. The van der Waals surface area contributed by atoms with E-state index >= 15 is 0 Å². The maximum absolute atomic E-state index is 11.3. The largest absolute Gasteiger partial charge is 0.358 e. The van der Waals surface area contributed by atoms with Gasteiger partial charge < -0.3 is 10.1 Å². The normalized spacial score (nSPS) is 11.9. The van der Waals surface area contributed by atoms with E-state index in [0.29, 0.717) is 4.47 Å². The highest BCUT2D eigenvalue weighted by Crippen LogP contribution is 2.29. The number of fused-ring (bicyclic) bond motifs is 1. The van der Waals surface area contributed by atoms with E-state index in [1.807, 2.05) is 0 Å². The first-order chi connectivity index (χ1) is 8.69. The van der Waals surface area contributed by atoms with Gasteiger partial charge in [-0.3, -0.25) is 0 Å². The van der Waals surface area contributed by atoms with Crippen LogP contribution in [0.2, 0.25) is 5.02 Å². The number of pyridine rings is 1. The Labute approximate surface area is 121 Å². The van der Waals surface area contributed by atoms with Gasteiger partial charge in [0.25, 0.3) is 0 Å². The second kappa shape index (κ2) is 4.73. The lowest BCUT2D eigenvalue weighted by molar-refractivity contribution is -0.391. The molecule has 2 rings (SSSR count). The third-order valence-corrected chi connectivity index (χ3v) is 3.85. The van der Waals surface area contributed by atoms with Gasteiger partial charge in [0.1, 0.15) is 11.9 Å². The highest BCUT2D eigenvalue weighted by atomic mass is 79.9. The number of halogens is 2. The van der Waals surface area contributed by atoms with Crippen molar-refractivity contribution in [3.8, 4) is 0 Å². The van der Waals surface area contributed by atoms with Crippen molar-refractivity contribution >= 4 is 48.8 Å². The fourth-order valence-corrected chi connectivity index (χ4v) is 3.20. The molecule has 0 amide bonds. The van der Waals surface area contributed by atoms with Gasteiger partial charge in [0.05, 0.1) is 9.50 Å². The number of imidazole rings is 1. The van der Waals surface area contributed by atoms with Crippen molar-refractivity contribution in [1.29, 1.82) is 0 Å². The zero-order valence-electron chi connectivity index (χ0n) is 9.50. The van der Waals surface area contributed by atoms with E-state index in [-0.39, 0.29) is 16.4 Å². The van der Waals surface area contributed by atoms with Gasteiger partial charge in [0.2, 0.25) is 5.65 Å². The van der Waals surface area contributed by atoms with E-state index in [1.165, 1.54) is 12.3 Å². The quantitative estimate of drug-likeness (QED) is 0.611. The van der Waals surface area contributed by atoms with E-state index in [0.717, 1.165) is 10.7 Å². The lowest BCUT2D eigenvalue weighted by atomic mass is 10.4. The molecule has 0 radical (unpaired) electrons. The van der Waals surface area contributed by atoms with Crippen LogP contribution in [0.5, 0.6) is 0 Å². The highest BCUT2D eigenvalue weighted by Gasteiger charge is 2.26. The molecule has 0 spiro atoms. The molecule has 0 saturated heterocycles. The Morgan fingerprint density at radius 1 is 1.58 bits per heavy atom. The van der Waals surface area contributed by atoms with Crippen LogP contribution < -0.4 is 0 Å². The molecule has 7 nitrogen and oxygen atoms in total. The van der Waals surface area contributed by atoms with E-state index in [9.17, 15) is 18.5 Å². The van der Waals surface area contributed by atoms with Crippen LogP contribution in [0.25, 0.3) is 5.65 Å². The first-order valence-corrected chi connectivity index (χ1v) is 8.10. The van der Waals surface area contributed by atoms with Crippen LogP contribution in [0.3, 0.4) is 0 Å². The average molecular weight is 369 g/mol. The smallest absolute Gasteiger partial charge is 0.352 e. The lowest BCUT2D eigenvalue weighted by Crippen LogP contribution is -2.04. The number of nitro groups is 1. The molecule has 0 aliphatic heterocycles. The summed E-state index contributed by atoms with van der Waals surface area (Å²) >= 11 is 9.01. The van der Waals surface area contributed by atoms with Crippen LogP contribution in [0.4, 0.5) is 5.82 Å². The Bertz CT molecular complexity index is 786. The van der Waals surface area contributed by atoms with Crippen LogP contribution >= 0.6 is 27.5 Å². The summed E-state index contributed by atoms with van der Waals surface area (Å²) < 4.78 is 24.2. The SMILES string of the molecule is CS(=O)(=O)Cc1nc2c(Br)cc(Cl)cn2c1[N+](=O)[O-]. The molecule has 10 heteroatoms. The first-order valence-electron chi connectivity index (χ1n) is 4.87. The van der Waals surface area contributed by atoms with Gasteiger partial charge in [-0.05, 0) is 26.9 Å². The predicted molar refractivity (Wildman–Crippen MR) is 73.1 cm³/mol. The molecule has 0 N–H and O–H groups in total. The van der Waals surface area contributed by atoms with Crippen molar-refractivity contribution in [2.24, 2.45) is 0 Å². The summed E-state index contributed by atoms with van der Waals surface area (Å²) in [5.41, 5.74) is 0.130. The number of nitrogens with zero attached hydrogens (tertiary/aromatic N) is 3. The summed E-state index contributed by atoms with van der Waals surface area (Å²) in [6.45, 7) is 0. The maximum Gasteiger partial charge on any atom is 0.352 e. The predicted octanol–water partition coefficient (Wildman–Crippen LogP) is 2.20. The molecule has 0 saturated carbocycles. The Morgan fingerprint density at radius 2 is 2.21 bits per heavy atom. The molecule has 0 aliphatic carbocycles. The van der Waals surface area contributed by atoms with E-state index in [4.69, 9.17) is 11.6 Å². The second-order valence-electron chi connectivity index (χ2n) is 3.91. The third kappa shape index (κ3) is 2.88. The van der Waals surface area contributed by atoms with Crippen molar-refractivity contribution in [2.45, 2.75) is 5.75 Å². The van der Waals surface area contributed by atoms with Gasteiger partial charge in [-0.15, -0.1) is 0 Å². The molecule has 0 fully saturated rings. The monoisotopic (exact) mass is 367 g/mol. The van der Waals surface area contributed by atoms with E-state index in [1.54, 1.807) is 0 Å². The van der Waals surface area contributed by atoms with Crippen molar-refractivity contribution < 1.29 is 13.3 Å². The number of hydrogen-bond acceptors (Lipinski definition) is 5. The molecular weight excluding hydrogens is 362 g/mol. The van der Waals surface area contributed by atoms with Gasteiger partial charge in [0.15, 0.2) is 15.5 Å². The maximum atomic E-state index is 11.3. The van der Waals surface area contributed by atoms with Gasteiger partial charge in [-0.2, -0.15) is 4.40 Å². The summed E-state index contributed by atoms with van der Waals surface area (Å²) in [5.74, 6) is -0.904. The first kappa shape index (κ1) is 14.2. The van der Waals surface area contributed by atoms with Crippen molar-refractivity contribution in [3.05, 3.63) is 37.6 Å². The van der Waals surface area contributed by atoms with Crippen molar-refractivity contribution in [2.75, 3.05) is 6.26 Å². The molecule has 102 valence electrons. The average Bonchev–Trinajstić information content (AvgIpc) is 2.53. The fraction of sp³-hybridized carbons (Fsp3) is 0.222. The Morgan fingerprint density at radius 3 is 2.74 bits per heavy atom. The fourth-order valence-electron chi connectivity index (χ4n) is 1.65. The number of aromatic nitrogens is 2. The topological polar surface area (TPSA) is 94.6 Å². The van der Waals surface area contributed by atoms with Gasteiger partial charge >= 0.3 is 5.82 Å². The second-order valence-corrected chi connectivity index (χ2v) is 7.34. The zero-order chi connectivity index (χ0) is 14.4. The van der Waals surface area contributed by atoms with Crippen LogP contribution in [0.15, 0.2) is 16.7 Å². The number of sulfone groups is 1. The lowest BCUT2D eigenvalue weighted by Gasteiger charge is -1.97. The minimum atomic E-state index is -3.43. The molecule has 2 aromatic heterocycles. The number of hydrogen-bond donors (Lipinski definition) is 0. The summed E-state index contributed by atoms with van der Waals surface area (Å²) in [6.07, 6.45) is 2.31. The summed E-state index contributed by atoms with van der Waals surface area (Å²) in [5, 5.41) is 11.4. The molecule has 0 bridgehead atoms. The molecule has 19 heavy (non-hydrogen) atoms. The molecule has 2 aromatic rings. The molecule has 2 heterocycles. The zero-order valence-corrected chi connectivity index (χ0v) is 12.7.